The molecular weight excluding hydrogens is 278 g/mol. The molecule has 0 bridgehead atoms. The second-order valence-corrected chi connectivity index (χ2v) is 5.49. The molecule has 4 rings (SSSR count). The number of nitrogens with zero attached hydrogens (tertiary/aromatic N) is 3. The number of para-hydroxylation sites is 2. The van der Waals surface area contributed by atoms with Crippen molar-refractivity contribution in [1.82, 2.24) is 14.9 Å². The Hall–Kier alpha value is -2.69. The number of aromatic nitrogens is 2. The Morgan fingerprint density at radius 2 is 2.00 bits per heavy atom. The number of hydrogen-bond acceptors (Lipinski definition) is 4. The minimum absolute atomic E-state index is 0.0860. The van der Waals surface area contributed by atoms with E-state index in [1.807, 2.05) is 41.3 Å². The third kappa shape index (κ3) is 2.45. The molecule has 5 nitrogen and oxygen atoms in total. The van der Waals surface area contributed by atoms with Crippen molar-refractivity contribution in [3.63, 3.8) is 0 Å². The van der Waals surface area contributed by atoms with Crippen LogP contribution in [0.4, 0.5) is 0 Å². The van der Waals surface area contributed by atoms with Crippen LogP contribution >= 0.6 is 0 Å². The van der Waals surface area contributed by atoms with E-state index in [9.17, 15) is 4.79 Å². The van der Waals surface area contributed by atoms with Gasteiger partial charge in [-0.1, -0.05) is 12.1 Å². The first kappa shape index (κ1) is 13.0. The summed E-state index contributed by atoms with van der Waals surface area (Å²) in [6, 6.07) is 11.6. The van der Waals surface area contributed by atoms with Crippen LogP contribution in [-0.4, -0.2) is 26.8 Å². The zero-order chi connectivity index (χ0) is 14.9. The predicted molar refractivity (Wildman–Crippen MR) is 81.1 cm³/mol. The van der Waals surface area contributed by atoms with Crippen LogP contribution in [0.25, 0.3) is 11.0 Å². The largest absolute Gasteiger partial charge is 0.467 e. The topological polar surface area (TPSA) is 59.2 Å². The average molecular weight is 293 g/mol. The second-order valence-electron chi connectivity index (χ2n) is 5.49. The lowest BCUT2D eigenvalue weighted by Gasteiger charge is -2.20. The van der Waals surface area contributed by atoms with Crippen LogP contribution in [0.2, 0.25) is 0 Å². The highest BCUT2D eigenvalue weighted by Gasteiger charge is 2.34. The Bertz CT molecular complexity index is 810. The molecule has 1 aliphatic rings. The van der Waals surface area contributed by atoms with Gasteiger partial charge >= 0.3 is 0 Å². The summed E-state index contributed by atoms with van der Waals surface area (Å²) in [4.78, 5) is 23.4. The van der Waals surface area contributed by atoms with E-state index in [4.69, 9.17) is 4.42 Å². The molecule has 0 spiro atoms. The number of amides is 1. The quantitative estimate of drug-likeness (QED) is 0.742. The van der Waals surface area contributed by atoms with Gasteiger partial charge in [-0.25, -0.2) is 4.98 Å². The first-order valence-corrected chi connectivity index (χ1v) is 7.36. The third-order valence-electron chi connectivity index (χ3n) is 3.82. The summed E-state index contributed by atoms with van der Waals surface area (Å²) in [7, 11) is 0. The van der Waals surface area contributed by atoms with E-state index >= 15 is 0 Å². The van der Waals surface area contributed by atoms with Crippen LogP contribution in [0.1, 0.15) is 29.1 Å². The van der Waals surface area contributed by atoms with Gasteiger partial charge < -0.3 is 9.32 Å². The lowest BCUT2D eigenvalue weighted by Crippen LogP contribution is -2.33. The zero-order valence-corrected chi connectivity index (χ0v) is 12.0. The summed E-state index contributed by atoms with van der Waals surface area (Å²) in [6.45, 7) is 0.477. The number of benzene rings is 1. The SMILES string of the molecule is O=C(c1cnc2ccccc2n1)N(Cc1ccco1)C1CC1. The van der Waals surface area contributed by atoms with E-state index in [0.29, 0.717) is 12.2 Å². The van der Waals surface area contributed by atoms with Crippen molar-refractivity contribution in [2.24, 2.45) is 0 Å². The average Bonchev–Trinajstić information content (AvgIpc) is 3.27. The summed E-state index contributed by atoms with van der Waals surface area (Å²) < 4.78 is 5.37. The maximum atomic E-state index is 12.8. The van der Waals surface area contributed by atoms with Crippen molar-refractivity contribution in [2.45, 2.75) is 25.4 Å². The van der Waals surface area contributed by atoms with Gasteiger partial charge in [0.05, 0.1) is 30.0 Å². The molecule has 1 aromatic carbocycles. The number of furan rings is 1. The Morgan fingerprint density at radius 1 is 1.18 bits per heavy atom. The maximum Gasteiger partial charge on any atom is 0.274 e. The highest BCUT2D eigenvalue weighted by atomic mass is 16.3. The van der Waals surface area contributed by atoms with Gasteiger partial charge in [0.2, 0.25) is 0 Å². The molecule has 22 heavy (non-hydrogen) atoms. The molecular formula is C17H15N3O2. The number of fused-ring (bicyclic) bond motifs is 1. The summed E-state index contributed by atoms with van der Waals surface area (Å²) in [6.07, 6.45) is 5.25. The van der Waals surface area contributed by atoms with E-state index < -0.39 is 0 Å². The number of carbonyl (C=O) groups is 1. The smallest absolute Gasteiger partial charge is 0.274 e. The summed E-state index contributed by atoms with van der Waals surface area (Å²) in [5.41, 5.74) is 1.92. The van der Waals surface area contributed by atoms with Crippen molar-refractivity contribution in [3.8, 4) is 0 Å². The fraction of sp³-hybridized carbons (Fsp3) is 0.235. The molecule has 0 unspecified atom stereocenters. The van der Waals surface area contributed by atoms with Crippen LogP contribution in [-0.2, 0) is 6.54 Å². The van der Waals surface area contributed by atoms with Crippen molar-refractivity contribution >= 4 is 16.9 Å². The standard InChI is InChI=1S/C17H15N3O2/c21-17(16-10-18-14-5-1-2-6-15(14)19-16)20(12-7-8-12)11-13-4-3-9-22-13/h1-6,9-10,12H,7-8,11H2. The van der Waals surface area contributed by atoms with Gasteiger partial charge in [0, 0.05) is 6.04 Å². The fourth-order valence-electron chi connectivity index (χ4n) is 2.53. The van der Waals surface area contributed by atoms with Crippen LogP contribution in [0.3, 0.4) is 0 Å². The molecule has 5 heteroatoms. The molecule has 1 fully saturated rings. The molecule has 0 aliphatic heterocycles. The van der Waals surface area contributed by atoms with Crippen molar-refractivity contribution in [3.05, 3.63) is 60.3 Å². The molecule has 1 saturated carbocycles. The minimum Gasteiger partial charge on any atom is -0.467 e. The fourth-order valence-corrected chi connectivity index (χ4v) is 2.53. The van der Waals surface area contributed by atoms with Crippen LogP contribution in [0.15, 0.2) is 53.3 Å². The normalized spacial score (nSPS) is 14.2. The van der Waals surface area contributed by atoms with Gasteiger partial charge in [0.25, 0.3) is 5.91 Å². The Labute approximate surface area is 127 Å². The molecule has 0 N–H and O–H groups in total. The van der Waals surface area contributed by atoms with E-state index in [1.54, 1.807) is 12.5 Å². The highest BCUT2D eigenvalue weighted by molar-refractivity contribution is 5.94. The van der Waals surface area contributed by atoms with Crippen LogP contribution in [0.5, 0.6) is 0 Å². The summed E-state index contributed by atoms with van der Waals surface area (Å²) in [5, 5.41) is 0. The second kappa shape index (κ2) is 5.26. The highest BCUT2D eigenvalue weighted by Crippen LogP contribution is 2.29. The molecule has 110 valence electrons. The minimum atomic E-state index is -0.0860. The molecule has 0 saturated heterocycles. The van der Waals surface area contributed by atoms with Gasteiger partial charge in [-0.05, 0) is 37.1 Å². The lowest BCUT2D eigenvalue weighted by atomic mass is 10.2. The van der Waals surface area contributed by atoms with Gasteiger partial charge in [0.1, 0.15) is 11.5 Å². The molecule has 3 aromatic rings. The van der Waals surface area contributed by atoms with Gasteiger partial charge in [-0.2, -0.15) is 0 Å². The van der Waals surface area contributed by atoms with Gasteiger partial charge in [-0.3, -0.25) is 9.78 Å². The maximum absolute atomic E-state index is 12.8. The van der Waals surface area contributed by atoms with E-state index in [1.165, 1.54) is 0 Å². The number of carbonyl (C=O) groups excluding carboxylic acids is 1. The van der Waals surface area contributed by atoms with Crippen molar-refractivity contribution in [1.29, 1.82) is 0 Å². The summed E-state index contributed by atoms with van der Waals surface area (Å²) >= 11 is 0. The van der Waals surface area contributed by atoms with E-state index in [0.717, 1.165) is 29.6 Å². The number of hydrogen-bond donors (Lipinski definition) is 0. The molecule has 2 aromatic heterocycles. The van der Waals surface area contributed by atoms with E-state index in [-0.39, 0.29) is 11.9 Å². The first-order chi connectivity index (χ1) is 10.8. The first-order valence-electron chi connectivity index (χ1n) is 7.36. The van der Waals surface area contributed by atoms with Gasteiger partial charge in [-0.15, -0.1) is 0 Å². The zero-order valence-electron chi connectivity index (χ0n) is 12.0. The monoisotopic (exact) mass is 293 g/mol. The number of rotatable bonds is 4. The molecule has 2 heterocycles. The Balaban J connectivity index is 1.64. The molecule has 1 aliphatic carbocycles. The lowest BCUT2D eigenvalue weighted by molar-refractivity contribution is 0.0711. The molecule has 0 atom stereocenters. The molecule has 1 amide bonds. The predicted octanol–water partition coefficient (Wildman–Crippen LogP) is 3.03. The summed E-state index contributed by atoms with van der Waals surface area (Å²) in [5.74, 6) is 0.700. The van der Waals surface area contributed by atoms with Crippen LogP contribution < -0.4 is 0 Å². The van der Waals surface area contributed by atoms with Crippen molar-refractivity contribution < 1.29 is 9.21 Å². The van der Waals surface area contributed by atoms with Crippen molar-refractivity contribution in [2.75, 3.05) is 0 Å². The Morgan fingerprint density at radius 3 is 2.73 bits per heavy atom. The third-order valence-corrected chi connectivity index (χ3v) is 3.82. The Kier molecular flexibility index (Phi) is 3.11. The van der Waals surface area contributed by atoms with E-state index in [2.05, 4.69) is 9.97 Å². The molecule has 0 radical (unpaired) electrons. The van der Waals surface area contributed by atoms with Gasteiger partial charge in [0.15, 0.2) is 0 Å². The van der Waals surface area contributed by atoms with Crippen LogP contribution in [0, 0.1) is 0 Å².